The predicted octanol–water partition coefficient (Wildman–Crippen LogP) is 2.54. The smallest absolute Gasteiger partial charge is 0.122 e. The Morgan fingerprint density at radius 1 is 1.33 bits per heavy atom. The van der Waals surface area contributed by atoms with Gasteiger partial charge in [0.15, 0.2) is 0 Å². The van der Waals surface area contributed by atoms with Gasteiger partial charge in [-0.25, -0.2) is 0 Å². The minimum absolute atomic E-state index is 0.537. The molecule has 15 heavy (non-hydrogen) atoms. The lowest BCUT2D eigenvalue weighted by Crippen LogP contribution is -2.21. The van der Waals surface area contributed by atoms with Crippen LogP contribution in [0.15, 0.2) is 18.2 Å². The summed E-state index contributed by atoms with van der Waals surface area (Å²) >= 11 is 0. The third kappa shape index (κ3) is 3.92. The van der Waals surface area contributed by atoms with Crippen LogP contribution in [0.1, 0.15) is 18.1 Å². The van der Waals surface area contributed by atoms with E-state index in [-0.39, 0.29) is 0 Å². The molecule has 1 N–H and O–H groups in total. The fourth-order valence-corrected chi connectivity index (χ4v) is 1.50. The summed E-state index contributed by atoms with van der Waals surface area (Å²) in [4.78, 5) is 0. The number of benzene rings is 1. The lowest BCUT2D eigenvalue weighted by Gasteiger charge is -2.14. The van der Waals surface area contributed by atoms with Crippen molar-refractivity contribution in [1.82, 2.24) is 5.32 Å². The highest BCUT2D eigenvalue weighted by molar-refractivity contribution is 5.35. The van der Waals surface area contributed by atoms with E-state index in [0.717, 1.165) is 18.9 Å². The molecule has 0 aliphatic heterocycles. The van der Waals surface area contributed by atoms with Gasteiger partial charge in [-0.2, -0.15) is 0 Å². The molecule has 0 aliphatic rings. The van der Waals surface area contributed by atoms with Crippen LogP contribution >= 0.6 is 0 Å². The van der Waals surface area contributed by atoms with Crippen LogP contribution in [0.25, 0.3) is 0 Å². The molecule has 0 saturated carbocycles. The molecule has 0 aromatic heterocycles. The van der Waals surface area contributed by atoms with Crippen LogP contribution in [0.5, 0.6) is 5.75 Å². The van der Waals surface area contributed by atoms with Crippen molar-refractivity contribution in [3.05, 3.63) is 29.3 Å². The molecule has 0 fully saturated rings. The molecule has 0 amide bonds. The Morgan fingerprint density at radius 2 is 2.07 bits per heavy atom. The van der Waals surface area contributed by atoms with E-state index in [1.165, 1.54) is 11.1 Å². The number of aryl methyl sites for hydroxylation is 2. The summed E-state index contributed by atoms with van der Waals surface area (Å²) in [7, 11) is 1.97. The van der Waals surface area contributed by atoms with E-state index in [0.29, 0.717) is 5.92 Å². The van der Waals surface area contributed by atoms with Crippen molar-refractivity contribution in [2.45, 2.75) is 20.8 Å². The lowest BCUT2D eigenvalue weighted by molar-refractivity contribution is 0.256. The second-order valence-electron chi connectivity index (χ2n) is 4.24. The van der Waals surface area contributed by atoms with Crippen molar-refractivity contribution < 1.29 is 4.74 Å². The highest BCUT2D eigenvalue weighted by atomic mass is 16.5. The Kier molecular flexibility index (Phi) is 4.63. The Morgan fingerprint density at radius 3 is 2.73 bits per heavy atom. The summed E-state index contributed by atoms with van der Waals surface area (Å²) in [6.45, 7) is 8.11. The predicted molar refractivity (Wildman–Crippen MR) is 64.5 cm³/mol. The molecular weight excluding hydrogens is 186 g/mol. The SMILES string of the molecule is CNCC(C)COc1cc(C)ccc1C. The van der Waals surface area contributed by atoms with Crippen LogP contribution in [0, 0.1) is 19.8 Å². The minimum atomic E-state index is 0.537. The molecule has 84 valence electrons. The van der Waals surface area contributed by atoms with Crippen molar-refractivity contribution in [3.63, 3.8) is 0 Å². The van der Waals surface area contributed by atoms with Crippen molar-refractivity contribution in [2.75, 3.05) is 20.2 Å². The fraction of sp³-hybridized carbons (Fsp3) is 0.538. The molecule has 0 heterocycles. The third-order valence-electron chi connectivity index (χ3n) is 2.42. The van der Waals surface area contributed by atoms with Crippen molar-refractivity contribution >= 4 is 0 Å². The molecule has 0 bridgehead atoms. The lowest BCUT2D eigenvalue weighted by atomic mass is 10.1. The number of rotatable bonds is 5. The molecule has 2 heteroatoms. The quantitative estimate of drug-likeness (QED) is 0.801. The zero-order chi connectivity index (χ0) is 11.3. The topological polar surface area (TPSA) is 21.3 Å². The van der Waals surface area contributed by atoms with Gasteiger partial charge in [0.05, 0.1) is 6.61 Å². The van der Waals surface area contributed by atoms with Gasteiger partial charge in [0.1, 0.15) is 5.75 Å². The first kappa shape index (κ1) is 12.1. The van der Waals surface area contributed by atoms with Gasteiger partial charge in [-0.05, 0) is 38.1 Å². The number of ether oxygens (including phenoxy) is 1. The van der Waals surface area contributed by atoms with Gasteiger partial charge < -0.3 is 10.1 Å². The van der Waals surface area contributed by atoms with Gasteiger partial charge >= 0.3 is 0 Å². The normalized spacial score (nSPS) is 12.5. The number of hydrogen-bond donors (Lipinski definition) is 1. The van der Waals surface area contributed by atoms with E-state index in [1.807, 2.05) is 7.05 Å². The van der Waals surface area contributed by atoms with Crippen molar-refractivity contribution in [2.24, 2.45) is 5.92 Å². The average molecular weight is 207 g/mol. The Labute approximate surface area is 92.6 Å². The molecule has 1 aromatic rings. The Balaban J connectivity index is 2.53. The summed E-state index contributed by atoms with van der Waals surface area (Å²) in [6.07, 6.45) is 0. The van der Waals surface area contributed by atoms with Gasteiger partial charge in [-0.1, -0.05) is 19.1 Å². The number of nitrogens with one attached hydrogen (secondary N) is 1. The zero-order valence-corrected chi connectivity index (χ0v) is 10.1. The molecule has 0 radical (unpaired) electrons. The summed E-state index contributed by atoms with van der Waals surface area (Å²) < 4.78 is 5.79. The van der Waals surface area contributed by atoms with Gasteiger partial charge in [0.2, 0.25) is 0 Å². The largest absolute Gasteiger partial charge is 0.493 e. The van der Waals surface area contributed by atoms with Gasteiger partial charge in [-0.3, -0.25) is 0 Å². The molecule has 1 rings (SSSR count). The maximum absolute atomic E-state index is 5.79. The van der Waals surface area contributed by atoms with Crippen LogP contribution in [0.4, 0.5) is 0 Å². The monoisotopic (exact) mass is 207 g/mol. The maximum Gasteiger partial charge on any atom is 0.122 e. The summed E-state index contributed by atoms with van der Waals surface area (Å²) in [5.74, 6) is 1.55. The Hall–Kier alpha value is -1.02. The Bertz CT molecular complexity index is 309. The highest BCUT2D eigenvalue weighted by Gasteiger charge is 2.04. The van der Waals surface area contributed by atoms with E-state index in [2.05, 4.69) is 44.3 Å². The highest BCUT2D eigenvalue weighted by Crippen LogP contribution is 2.19. The van der Waals surface area contributed by atoms with Crippen LogP contribution in [-0.4, -0.2) is 20.2 Å². The second-order valence-corrected chi connectivity index (χ2v) is 4.24. The standard InChI is InChI=1S/C13H21NO/c1-10-5-6-12(3)13(7-10)15-9-11(2)8-14-4/h5-7,11,14H,8-9H2,1-4H3. The van der Waals surface area contributed by atoms with Crippen molar-refractivity contribution in [3.8, 4) is 5.75 Å². The van der Waals surface area contributed by atoms with Crippen LogP contribution in [-0.2, 0) is 0 Å². The van der Waals surface area contributed by atoms with E-state index in [9.17, 15) is 0 Å². The van der Waals surface area contributed by atoms with Gasteiger partial charge in [0, 0.05) is 12.5 Å². The van der Waals surface area contributed by atoms with Crippen molar-refractivity contribution in [1.29, 1.82) is 0 Å². The summed E-state index contributed by atoms with van der Waals surface area (Å²) in [5, 5.41) is 3.15. The molecule has 1 atom stereocenters. The molecule has 0 spiro atoms. The second kappa shape index (κ2) is 5.76. The third-order valence-corrected chi connectivity index (χ3v) is 2.42. The van der Waals surface area contributed by atoms with Crippen LogP contribution in [0.2, 0.25) is 0 Å². The van der Waals surface area contributed by atoms with E-state index in [4.69, 9.17) is 4.74 Å². The average Bonchev–Trinajstić information content (AvgIpc) is 2.20. The van der Waals surface area contributed by atoms with Crippen LogP contribution < -0.4 is 10.1 Å². The first-order valence-corrected chi connectivity index (χ1v) is 5.48. The van der Waals surface area contributed by atoms with Crippen LogP contribution in [0.3, 0.4) is 0 Å². The first-order valence-electron chi connectivity index (χ1n) is 5.48. The summed E-state index contributed by atoms with van der Waals surface area (Å²) in [6, 6.07) is 6.31. The maximum atomic E-state index is 5.79. The first-order chi connectivity index (χ1) is 7.13. The van der Waals surface area contributed by atoms with E-state index >= 15 is 0 Å². The van der Waals surface area contributed by atoms with Gasteiger partial charge in [0.25, 0.3) is 0 Å². The molecule has 1 unspecified atom stereocenters. The molecular formula is C13H21NO. The molecule has 0 aliphatic carbocycles. The summed E-state index contributed by atoms with van der Waals surface area (Å²) in [5.41, 5.74) is 2.45. The number of hydrogen-bond acceptors (Lipinski definition) is 2. The van der Waals surface area contributed by atoms with Gasteiger partial charge in [-0.15, -0.1) is 0 Å². The minimum Gasteiger partial charge on any atom is -0.493 e. The molecule has 2 nitrogen and oxygen atoms in total. The zero-order valence-electron chi connectivity index (χ0n) is 10.1. The fourth-order valence-electron chi connectivity index (χ4n) is 1.50. The van der Waals surface area contributed by atoms with E-state index in [1.54, 1.807) is 0 Å². The van der Waals surface area contributed by atoms with E-state index < -0.39 is 0 Å². The molecule has 1 aromatic carbocycles. The molecule has 0 saturated heterocycles.